The minimum absolute atomic E-state index is 0.0203. The van der Waals surface area contributed by atoms with Crippen molar-refractivity contribution in [3.8, 4) is 5.75 Å². The van der Waals surface area contributed by atoms with E-state index in [2.05, 4.69) is 10.3 Å². The van der Waals surface area contributed by atoms with Crippen LogP contribution >= 0.6 is 0 Å². The van der Waals surface area contributed by atoms with Crippen LogP contribution in [0.5, 0.6) is 5.75 Å². The maximum atomic E-state index is 12.1. The number of anilines is 1. The van der Waals surface area contributed by atoms with Crippen LogP contribution in [0.3, 0.4) is 0 Å². The largest absolute Gasteiger partial charge is 0.490 e. The molecule has 0 unspecified atom stereocenters. The Bertz CT molecular complexity index is 511. The van der Waals surface area contributed by atoms with E-state index >= 15 is 0 Å². The Morgan fingerprint density at radius 2 is 2.14 bits per heavy atom. The SMILES string of the molecule is CON1CCC(CC(=O)Nc2cc(OC3CC3)ccn2)CC1. The summed E-state index contributed by atoms with van der Waals surface area (Å²) >= 11 is 0. The predicted octanol–water partition coefficient (Wildman–Crippen LogP) is 2.22. The molecule has 1 amide bonds. The van der Waals surface area contributed by atoms with E-state index in [4.69, 9.17) is 9.57 Å². The summed E-state index contributed by atoms with van der Waals surface area (Å²) < 4.78 is 5.71. The number of nitrogens with one attached hydrogen (secondary N) is 1. The summed E-state index contributed by atoms with van der Waals surface area (Å²) in [7, 11) is 1.69. The lowest BCUT2D eigenvalue weighted by atomic mass is 9.94. The maximum Gasteiger partial charge on any atom is 0.225 e. The van der Waals surface area contributed by atoms with E-state index in [0.717, 1.165) is 44.5 Å². The van der Waals surface area contributed by atoms with Gasteiger partial charge < -0.3 is 14.9 Å². The second-order valence-corrected chi connectivity index (χ2v) is 6.00. The number of nitrogens with zero attached hydrogens (tertiary/aromatic N) is 2. The van der Waals surface area contributed by atoms with E-state index in [1.807, 2.05) is 11.1 Å². The van der Waals surface area contributed by atoms with Gasteiger partial charge >= 0.3 is 0 Å². The highest BCUT2D eigenvalue weighted by Gasteiger charge is 2.24. The Hall–Kier alpha value is -1.66. The summed E-state index contributed by atoms with van der Waals surface area (Å²) in [6.07, 6.45) is 6.75. The first-order chi connectivity index (χ1) is 10.7. The van der Waals surface area contributed by atoms with E-state index in [9.17, 15) is 4.79 Å². The zero-order valence-corrected chi connectivity index (χ0v) is 13.0. The molecular weight excluding hydrogens is 282 g/mol. The van der Waals surface area contributed by atoms with E-state index in [1.165, 1.54) is 0 Å². The second kappa shape index (κ2) is 7.07. The highest BCUT2D eigenvalue weighted by atomic mass is 16.7. The first-order valence-corrected chi connectivity index (χ1v) is 7.94. The molecule has 1 aromatic heterocycles. The quantitative estimate of drug-likeness (QED) is 0.873. The fraction of sp³-hybridized carbons (Fsp3) is 0.625. The van der Waals surface area contributed by atoms with Crippen molar-refractivity contribution in [2.45, 2.75) is 38.2 Å². The fourth-order valence-corrected chi connectivity index (χ4v) is 2.68. The first-order valence-electron chi connectivity index (χ1n) is 7.94. The number of hydrogen-bond acceptors (Lipinski definition) is 5. The molecule has 1 aromatic rings. The third kappa shape index (κ3) is 4.42. The van der Waals surface area contributed by atoms with Gasteiger partial charge in [0.1, 0.15) is 11.6 Å². The normalized spacial score (nSPS) is 19.9. The molecular formula is C16H23N3O3. The van der Waals surface area contributed by atoms with E-state index in [0.29, 0.717) is 24.3 Å². The molecule has 22 heavy (non-hydrogen) atoms. The standard InChI is InChI=1S/C16H23N3O3/c1-21-19-8-5-12(6-9-19)10-16(20)18-15-11-14(4-7-17-15)22-13-2-3-13/h4,7,11-13H,2-3,5-6,8-10H2,1H3,(H,17,18,20). The van der Waals surface area contributed by atoms with Crippen LogP contribution in [0, 0.1) is 5.92 Å². The second-order valence-electron chi connectivity index (χ2n) is 6.00. The smallest absolute Gasteiger partial charge is 0.225 e. The molecule has 3 rings (SSSR count). The zero-order valence-electron chi connectivity index (χ0n) is 13.0. The van der Waals surface area contributed by atoms with Crippen molar-refractivity contribution in [2.75, 3.05) is 25.5 Å². The molecule has 6 nitrogen and oxygen atoms in total. The third-order valence-electron chi connectivity index (χ3n) is 4.13. The number of ether oxygens (including phenoxy) is 1. The van der Waals surface area contributed by atoms with Crippen molar-refractivity contribution < 1.29 is 14.4 Å². The molecule has 0 aromatic carbocycles. The molecule has 1 N–H and O–H groups in total. The van der Waals surface area contributed by atoms with Crippen LogP contribution in [-0.4, -0.2) is 42.3 Å². The van der Waals surface area contributed by atoms with Crippen LogP contribution in [0.25, 0.3) is 0 Å². The van der Waals surface area contributed by atoms with E-state index in [-0.39, 0.29) is 5.91 Å². The Kier molecular flexibility index (Phi) is 4.90. The molecule has 2 heterocycles. The summed E-state index contributed by atoms with van der Waals surface area (Å²) in [4.78, 5) is 21.5. The number of rotatable bonds is 6. The maximum absolute atomic E-state index is 12.1. The fourth-order valence-electron chi connectivity index (χ4n) is 2.68. The molecule has 1 aliphatic carbocycles. The number of aromatic nitrogens is 1. The summed E-state index contributed by atoms with van der Waals surface area (Å²) in [5, 5.41) is 4.81. The predicted molar refractivity (Wildman–Crippen MR) is 82.4 cm³/mol. The van der Waals surface area contributed by atoms with E-state index in [1.54, 1.807) is 19.4 Å². The average Bonchev–Trinajstić information content (AvgIpc) is 3.32. The van der Waals surface area contributed by atoms with Crippen molar-refractivity contribution >= 4 is 11.7 Å². The molecule has 2 aliphatic rings. The van der Waals surface area contributed by atoms with Crippen molar-refractivity contribution in [3.05, 3.63) is 18.3 Å². The molecule has 1 aliphatic heterocycles. The topological polar surface area (TPSA) is 63.7 Å². The summed E-state index contributed by atoms with van der Waals surface area (Å²) in [5.74, 6) is 1.78. The van der Waals surface area contributed by atoms with Crippen molar-refractivity contribution in [1.29, 1.82) is 0 Å². The number of amides is 1. The molecule has 0 radical (unpaired) electrons. The van der Waals surface area contributed by atoms with Crippen molar-refractivity contribution in [3.63, 3.8) is 0 Å². The number of carbonyl (C=O) groups is 1. The molecule has 1 saturated carbocycles. The molecule has 6 heteroatoms. The highest BCUT2D eigenvalue weighted by Crippen LogP contribution is 2.27. The molecule has 1 saturated heterocycles. The van der Waals surface area contributed by atoms with Gasteiger partial charge in [0.05, 0.1) is 13.2 Å². The Morgan fingerprint density at radius 3 is 2.82 bits per heavy atom. The monoisotopic (exact) mass is 305 g/mol. The Labute approximate surface area is 130 Å². The number of hydroxylamine groups is 2. The van der Waals surface area contributed by atoms with Crippen LogP contribution in [0.1, 0.15) is 32.1 Å². The molecule has 120 valence electrons. The minimum atomic E-state index is 0.0203. The molecule has 0 atom stereocenters. The number of piperidine rings is 1. The lowest BCUT2D eigenvalue weighted by Gasteiger charge is -2.29. The van der Waals surface area contributed by atoms with Crippen LogP contribution in [0.15, 0.2) is 18.3 Å². The van der Waals surface area contributed by atoms with Crippen molar-refractivity contribution in [2.24, 2.45) is 5.92 Å². The van der Waals surface area contributed by atoms with E-state index < -0.39 is 0 Å². The van der Waals surface area contributed by atoms with Gasteiger partial charge in [-0.05, 0) is 37.7 Å². The Morgan fingerprint density at radius 1 is 1.36 bits per heavy atom. The van der Waals surface area contributed by atoms with Crippen LogP contribution in [-0.2, 0) is 9.63 Å². The van der Waals surface area contributed by atoms with Gasteiger partial charge in [0.15, 0.2) is 0 Å². The van der Waals surface area contributed by atoms with Crippen LogP contribution in [0.2, 0.25) is 0 Å². The van der Waals surface area contributed by atoms with Crippen molar-refractivity contribution in [1.82, 2.24) is 10.0 Å². The van der Waals surface area contributed by atoms with Gasteiger partial charge in [0.2, 0.25) is 5.91 Å². The molecule has 0 spiro atoms. The lowest BCUT2D eigenvalue weighted by Crippen LogP contribution is -2.34. The van der Waals surface area contributed by atoms with Gasteiger partial charge in [-0.25, -0.2) is 4.98 Å². The highest BCUT2D eigenvalue weighted by molar-refractivity contribution is 5.90. The minimum Gasteiger partial charge on any atom is -0.490 e. The van der Waals surface area contributed by atoms with Gasteiger partial charge in [-0.2, -0.15) is 5.06 Å². The summed E-state index contributed by atoms with van der Waals surface area (Å²) in [6.45, 7) is 1.77. The average molecular weight is 305 g/mol. The molecule has 0 bridgehead atoms. The zero-order chi connectivity index (χ0) is 15.4. The van der Waals surface area contributed by atoms with Gasteiger partial charge in [-0.1, -0.05) is 0 Å². The number of hydrogen-bond donors (Lipinski definition) is 1. The summed E-state index contributed by atoms with van der Waals surface area (Å²) in [5.41, 5.74) is 0. The Balaban J connectivity index is 1.47. The lowest BCUT2D eigenvalue weighted by molar-refractivity contribution is -0.149. The third-order valence-corrected chi connectivity index (χ3v) is 4.13. The van der Waals surface area contributed by atoms with Crippen LogP contribution < -0.4 is 10.1 Å². The van der Waals surface area contributed by atoms with Gasteiger partial charge in [0, 0.05) is 31.8 Å². The van der Waals surface area contributed by atoms with Gasteiger partial charge in [-0.15, -0.1) is 0 Å². The van der Waals surface area contributed by atoms with Crippen LogP contribution in [0.4, 0.5) is 5.82 Å². The number of carbonyl (C=O) groups excluding carboxylic acids is 1. The van der Waals surface area contributed by atoms with Gasteiger partial charge in [-0.3, -0.25) is 4.79 Å². The summed E-state index contributed by atoms with van der Waals surface area (Å²) in [6, 6.07) is 3.62. The molecule has 2 fully saturated rings. The van der Waals surface area contributed by atoms with Gasteiger partial charge in [0.25, 0.3) is 0 Å². The first kappa shape index (κ1) is 15.2. The number of pyridine rings is 1.